The van der Waals surface area contributed by atoms with Crippen LogP contribution >= 0.6 is 0 Å². The fourth-order valence-corrected chi connectivity index (χ4v) is 2.56. The second-order valence-corrected chi connectivity index (χ2v) is 5.57. The minimum Gasteiger partial charge on any atom is -0.361 e. The maximum Gasteiger partial charge on any atom is 0.276 e. The van der Waals surface area contributed by atoms with Crippen LogP contribution in [0.15, 0.2) is 10.6 Å². The quantitative estimate of drug-likeness (QED) is 0.811. The Hall–Kier alpha value is -1.85. The van der Waals surface area contributed by atoms with Gasteiger partial charge in [0.25, 0.3) is 5.91 Å². The average Bonchev–Trinajstić information content (AvgIpc) is 3.23. The van der Waals surface area contributed by atoms with Crippen molar-refractivity contribution < 1.29 is 14.1 Å². The molecule has 1 saturated carbocycles. The Bertz CT molecular complexity index is 521. The number of aromatic nitrogens is 1. The molecule has 0 spiro atoms. The normalized spacial score (nSPS) is 19.9. The first-order valence-electron chi connectivity index (χ1n) is 7.16. The minimum atomic E-state index is -0.109. The molecule has 1 aromatic rings. The lowest BCUT2D eigenvalue weighted by molar-refractivity contribution is -0.132. The minimum absolute atomic E-state index is 0.109. The van der Waals surface area contributed by atoms with E-state index in [1.54, 1.807) is 17.9 Å². The molecule has 0 bridgehead atoms. The predicted molar refractivity (Wildman–Crippen MR) is 71.1 cm³/mol. The third kappa shape index (κ3) is 2.69. The van der Waals surface area contributed by atoms with E-state index in [1.807, 2.05) is 4.90 Å². The van der Waals surface area contributed by atoms with Gasteiger partial charge in [-0.25, -0.2) is 0 Å². The van der Waals surface area contributed by atoms with E-state index in [4.69, 9.17) is 4.52 Å². The van der Waals surface area contributed by atoms with Crippen LogP contribution in [0.3, 0.4) is 0 Å². The third-order valence-electron chi connectivity index (χ3n) is 3.87. The van der Waals surface area contributed by atoms with Gasteiger partial charge in [-0.2, -0.15) is 0 Å². The number of aryl methyl sites for hydroxylation is 1. The second-order valence-electron chi connectivity index (χ2n) is 5.57. The Morgan fingerprint density at radius 3 is 2.55 bits per heavy atom. The molecule has 1 saturated heterocycles. The van der Waals surface area contributed by atoms with Gasteiger partial charge in [0.2, 0.25) is 5.91 Å². The molecule has 0 aromatic carbocycles. The molecule has 108 valence electrons. The summed E-state index contributed by atoms with van der Waals surface area (Å²) < 4.78 is 4.94. The number of nitrogens with zero attached hydrogens (tertiary/aromatic N) is 3. The van der Waals surface area contributed by atoms with Gasteiger partial charge in [0.15, 0.2) is 5.69 Å². The van der Waals surface area contributed by atoms with E-state index in [1.165, 1.54) is 0 Å². The molecule has 1 aromatic heterocycles. The Morgan fingerprint density at radius 1 is 1.20 bits per heavy atom. The number of hydrogen-bond donors (Lipinski definition) is 0. The highest BCUT2D eigenvalue weighted by molar-refractivity contribution is 5.92. The van der Waals surface area contributed by atoms with E-state index in [0.29, 0.717) is 31.1 Å². The number of carbonyl (C=O) groups excluding carboxylic acids is 2. The highest BCUT2D eigenvalue weighted by atomic mass is 16.5. The van der Waals surface area contributed by atoms with Crippen LogP contribution in [0.25, 0.3) is 0 Å². The molecule has 0 radical (unpaired) electrons. The molecule has 0 unspecified atom stereocenters. The largest absolute Gasteiger partial charge is 0.361 e. The smallest absolute Gasteiger partial charge is 0.276 e. The van der Waals surface area contributed by atoms with Crippen LogP contribution in [-0.2, 0) is 4.79 Å². The molecule has 2 heterocycles. The van der Waals surface area contributed by atoms with Gasteiger partial charge in [-0.15, -0.1) is 0 Å². The molecule has 1 aliphatic heterocycles. The van der Waals surface area contributed by atoms with Crippen LogP contribution in [0.2, 0.25) is 0 Å². The van der Waals surface area contributed by atoms with Gasteiger partial charge in [0.1, 0.15) is 5.76 Å². The van der Waals surface area contributed by atoms with Crippen molar-refractivity contribution in [3.63, 3.8) is 0 Å². The highest BCUT2D eigenvalue weighted by Crippen LogP contribution is 2.31. The predicted octanol–water partition coefficient (Wildman–Crippen LogP) is 1.07. The zero-order valence-corrected chi connectivity index (χ0v) is 11.7. The Labute approximate surface area is 117 Å². The van der Waals surface area contributed by atoms with Crippen molar-refractivity contribution in [2.45, 2.75) is 26.2 Å². The summed E-state index contributed by atoms with van der Waals surface area (Å²) in [5, 5.41) is 3.77. The zero-order chi connectivity index (χ0) is 14.1. The van der Waals surface area contributed by atoms with E-state index in [0.717, 1.165) is 25.8 Å². The standard InChI is InChI=1S/C14H19N3O3/c1-10-9-12(15-20-10)14(19)17-6-2-5-16(7-8-17)13(18)11-3-4-11/h9,11H,2-8H2,1H3. The van der Waals surface area contributed by atoms with Crippen molar-refractivity contribution in [3.8, 4) is 0 Å². The lowest BCUT2D eigenvalue weighted by atomic mass is 10.3. The fraction of sp³-hybridized carbons (Fsp3) is 0.643. The van der Waals surface area contributed by atoms with Gasteiger partial charge in [-0.1, -0.05) is 5.16 Å². The zero-order valence-electron chi connectivity index (χ0n) is 11.7. The van der Waals surface area contributed by atoms with E-state index in [9.17, 15) is 9.59 Å². The van der Waals surface area contributed by atoms with Gasteiger partial charge in [0, 0.05) is 38.2 Å². The van der Waals surface area contributed by atoms with Crippen LogP contribution in [0.5, 0.6) is 0 Å². The van der Waals surface area contributed by atoms with Gasteiger partial charge in [-0.3, -0.25) is 9.59 Å². The summed E-state index contributed by atoms with van der Waals surface area (Å²) >= 11 is 0. The molecule has 0 atom stereocenters. The van der Waals surface area contributed by atoms with Crippen LogP contribution < -0.4 is 0 Å². The van der Waals surface area contributed by atoms with Crippen LogP contribution in [-0.4, -0.2) is 52.9 Å². The number of hydrogen-bond acceptors (Lipinski definition) is 4. The van der Waals surface area contributed by atoms with E-state index in [2.05, 4.69) is 5.16 Å². The molecule has 6 heteroatoms. The first kappa shape index (κ1) is 13.1. The first-order chi connectivity index (χ1) is 9.65. The lowest BCUT2D eigenvalue weighted by Crippen LogP contribution is -2.38. The van der Waals surface area contributed by atoms with Crippen molar-refractivity contribution >= 4 is 11.8 Å². The molecular formula is C14H19N3O3. The van der Waals surface area contributed by atoms with E-state index < -0.39 is 0 Å². The molecule has 2 fully saturated rings. The maximum absolute atomic E-state index is 12.3. The highest BCUT2D eigenvalue weighted by Gasteiger charge is 2.34. The van der Waals surface area contributed by atoms with Gasteiger partial charge < -0.3 is 14.3 Å². The maximum atomic E-state index is 12.3. The molecule has 2 aliphatic rings. The van der Waals surface area contributed by atoms with Gasteiger partial charge in [-0.05, 0) is 26.2 Å². The summed E-state index contributed by atoms with van der Waals surface area (Å²) in [6.07, 6.45) is 2.87. The van der Waals surface area contributed by atoms with Gasteiger partial charge in [0.05, 0.1) is 0 Å². The number of carbonyl (C=O) groups is 2. The Balaban J connectivity index is 1.61. The van der Waals surface area contributed by atoms with Crippen LogP contribution in [0, 0.1) is 12.8 Å². The van der Waals surface area contributed by atoms with Crippen LogP contribution in [0.4, 0.5) is 0 Å². The monoisotopic (exact) mass is 277 g/mol. The average molecular weight is 277 g/mol. The molecular weight excluding hydrogens is 258 g/mol. The SMILES string of the molecule is Cc1cc(C(=O)N2CCCN(C(=O)C3CC3)CC2)no1. The molecule has 2 amide bonds. The lowest BCUT2D eigenvalue weighted by Gasteiger charge is -2.21. The van der Waals surface area contributed by atoms with Crippen molar-refractivity contribution in [1.29, 1.82) is 0 Å². The van der Waals surface area contributed by atoms with Crippen LogP contribution in [0.1, 0.15) is 35.5 Å². The second kappa shape index (κ2) is 5.26. The Kier molecular flexibility index (Phi) is 3.46. The summed E-state index contributed by atoms with van der Waals surface area (Å²) in [5.74, 6) is 1.03. The Morgan fingerprint density at radius 2 is 1.90 bits per heavy atom. The van der Waals surface area contributed by atoms with Crippen molar-refractivity contribution in [1.82, 2.24) is 15.0 Å². The van der Waals surface area contributed by atoms with Crippen molar-refractivity contribution in [2.24, 2.45) is 5.92 Å². The third-order valence-corrected chi connectivity index (χ3v) is 3.87. The molecule has 3 rings (SSSR count). The fourth-order valence-electron chi connectivity index (χ4n) is 2.56. The molecule has 0 N–H and O–H groups in total. The summed E-state index contributed by atoms with van der Waals surface area (Å²) in [7, 11) is 0. The summed E-state index contributed by atoms with van der Waals surface area (Å²) in [5.41, 5.74) is 0.351. The molecule has 6 nitrogen and oxygen atoms in total. The molecule has 20 heavy (non-hydrogen) atoms. The van der Waals surface area contributed by atoms with Crippen molar-refractivity contribution in [3.05, 3.63) is 17.5 Å². The summed E-state index contributed by atoms with van der Waals surface area (Å²) in [6.45, 7) is 4.37. The number of rotatable bonds is 2. The van der Waals surface area contributed by atoms with E-state index >= 15 is 0 Å². The summed E-state index contributed by atoms with van der Waals surface area (Å²) in [4.78, 5) is 28.0. The van der Waals surface area contributed by atoms with E-state index in [-0.39, 0.29) is 17.7 Å². The van der Waals surface area contributed by atoms with Crippen molar-refractivity contribution in [2.75, 3.05) is 26.2 Å². The first-order valence-corrected chi connectivity index (χ1v) is 7.16. The topological polar surface area (TPSA) is 66.7 Å². The summed E-state index contributed by atoms with van der Waals surface area (Å²) in [6, 6.07) is 1.65. The number of amides is 2. The molecule has 1 aliphatic carbocycles. The van der Waals surface area contributed by atoms with Gasteiger partial charge >= 0.3 is 0 Å².